The van der Waals surface area contributed by atoms with Crippen LogP contribution in [0.25, 0.3) is 0 Å². The molecule has 0 aliphatic rings. The van der Waals surface area contributed by atoms with Gasteiger partial charge >= 0.3 is 6.18 Å². The largest absolute Gasteiger partial charge is 0.494 e. The molecule has 3 rings (SSSR count). The molecule has 0 saturated heterocycles. The first kappa shape index (κ1) is 29.2. The minimum atomic E-state index is -4.69. The van der Waals surface area contributed by atoms with Crippen molar-refractivity contribution in [1.29, 1.82) is 0 Å². The summed E-state index contributed by atoms with van der Waals surface area (Å²) < 4.78 is 58.7. The molecule has 0 fully saturated rings. The summed E-state index contributed by atoms with van der Waals surface area (Å²) in [5.41, 5.74) is 1.52. The highest BCUT2D eigenvalue weighted by molar-refractivity contribution is 5.82. The van der Waals surface area contributed by atoms with Gasteiger partial charge in [-0.15, -0.1) is 0 Å². The smallest absolute Gasteiger partial charge is 0.416 e. The summed E-state index contributed by atoms with van der Waals surface area (Å²) in [6.07, 6.45) is -1.87. The van der Waals surface area contributed by atoms with E-state index in [9.17, 15) is 17.6 Å². The van der Waals surface area contributed by atoms with Crippen LogP contribution < -0.4 is 25.6 Å². The second-order valence-corrected chi connectivity index (χ2v) is 8.91. The third kappa shape index (κ3) is 8.08. The van der Waals surface area contributed by atoms with E-state index in [4.69, 9.17) is 4.74 Å². The third-order valence-electron chi connectivity index (χ3n) is 5.58. The minimum absolute atomic E-state index is 0.107. The Balaban J connectivity index is 1.92. The molecule has 8 nitrogen and oxygen atoms in total. The van der Waals surface area contributed by atoms with E-state index in [2.05, 4.69) is 48.9 Å². The number of aromatic nitrogens is 2. The molecule has 0 amide bonds. The van der Waals surface area contributed by atoms with Gasteiger partial charge in [0, 0.05) is 43.7 Å². The molecule has 0 atom stereocenters. The summed E-state index contributed by atoms with van der Waals surface area (Å²) in [5, 5.41) is 9.09. The zero-order valence-corrected chi connectivity index (χ0v) is 22.2. The fourth-order valence-electron chi connectivity index (χ4n) is 3.55. The molecule has 3 N–H and O–H groups in total. The van der Waals surface area contributed by atoms with Gasteiger partial charge in [-0.25, -0.2) is 14.4 Å². The summed E-state index contributed by atoms with van der Waals surface area (Å²) in [4.78, 5) is 12.4. The third-order valence-corrected chi connectivity index (χ3v) is 5.58. The highest BCUT2D eigenvalue weighted by Gasteiger charge is 2.31. The van der Waals surface area contributed by atoms with E-state index in [1.807, 2.05) is 33.3 Å². The molecule has 0 unspecified atom stereocenters. The number of rotatable bonds is 12. The predicted molar refractivity (Wildman–Crippen MR) is 148 cm³/mol. The van der Waals surface area contributed by atoms with E-state index in [0.29, 0.717) is 29.0 Å². The summed E-state index contributed by atoms with van der Waals surface area (Å²) in [6, 6.07) is 7.35. The monoisotopic (exact) mass is 545 g/mol. The lowest BCUT2D eigenvalue weighted by atomic mass is 10.2. The van der Waals surface area contributed by atoms with Crippen LogP contribution in [0, 0.1) is 5.82 Å². The number of allylic oxidation sites excluding steroid dienone is 1. The molecule has 2 aromatic carbocycles. The molecule has 0 saturated carbocycles. The quantitative estimate of drug-likeness (QED) is 0.182. The number of hydrogen-bond acceptors (Lipinski definition) is 8. The fraction of sp³-hybridized carbons (Fsp3) is 0.259. The van der Waals surface area contributed by atoms with Crippen LogP contribution in [-0.4, -0.2) is 56.2 Å². The summed E-state index contributed by atoms with van der Waals surface area (Å²) in [5.74, 6) is -0.0325. The van der Waals surface area contributed by atoms with Crippen molar-refractivity contribution in [3.05, 3.63) is 79.0 Å². The molecule has 3 aromatic rings. The first-order chi connectivity index (χ1) is 18.4. The van der Waals surface area contributed by atoms with Crippen molar-refractivity contribution in [2.24, 2.45) is 0 Å². The van der Waals surface area contributed by atoms with Crippen molar-refractivity contribution in [2.45, 2.75) is 6.18 Å². The van der Waals surface area contributed by atoms with E-state index in [0.717, 1.165) is 36.6 Å². The van der Waals surface area contributed by atoms with Crippen LogP contribution in [0.3, 0.4) is 0 Å². The number of methoxy groups -OCH3 is 1. The van der Waals surface area contributed by atoms with Crippen LogP contribution in [0.1, 0.15) is 5.56 Å². The fourth-order valence-corrected chi connectivity index (χ4v) is 3.55. The Morgan fingerprint density at radius 3 is 2.28 bits per heavy atom. The Hall–Kier alpha value is -4.32. The van der Waals surface area contributed by atoms with E-state index in [-0.39, 0.29) is 11.5 Å². The number of alkyl halides is 3. The molecule has 12 heteroatoms. The molecule has 0 aliphatic heterocycles. The van der Waals surface area contributed by atoms with Crippen molar-refractivity contribution in [1.82, 2.24) is 14.9 Å². The number of benzene rings is 2. The number of likely N-dealkylation sites (N-methyl/N-ethyl adjacent to an activating group) is 2. The lowest BCUT2D eigenvalue weighted by molar-refractivity contribution is -0.137. The van der Waals surface area contributed by atoms with Crippen LogP contribution >= 0.6 is 0 Å². The highest BCUT2D eigenvalue weighted by Crippen LogP contribution is 2.39. The van der Waals surface area contributed by atoms with Crippen molar-refractivity contribution in [3.8, 4) is 5.75 Å². The van der Waals surface area contributed by atoms with E-state index in [1.54, 1.807) is 6.08 Å². The molecule has 39 heavy (non-hydrogen) atoms. The maximum atomic E-state index is 13.8. The molecular formula is C27H31F4N7O. The number of nitrogens with zero attached hydrogens (tertiary/aromatic N) is 4. The molecule has 208 valence electrons. The average Bonchev–Trinajstić information content (AvgIpc) is 2.86. The molecule has 0 bridgehead atoms. The SMILES string of the molecule is C=CC(=C)Nc1cc(Nc2cc(Nc3cc(F)cc(C(F)(F)F)c3)ncn2)c(OC)cc1N(C)CCN(C)C. The topological polar surface area (TPSA) is 77.6 Å². The lowest BCUT2D eigenvalue weighted by Crippen LogP contribution is -2.29. The Kier molecular flexibility index (Phi) is 9.36. The van der Waals surface area contributed by atoms with Crippen LogP contribution in [0.2, 0.25) is 0 Å². The molecule has 0 aliphatic carbocycles. The number of nitrogens with one attached hydrogen (secondary N) is 3. The van der Waals surface area contributed by atoms with Gasteiger partial charge in [0.25, 0.3) is 0 Å². The van der Waals surface area contributed by atoms with E-state index < -0.39 is 17.6 Å². The number of anilines is 6. The van der Waals surface area contributed by atoms with Gasteiger partial charge < -0.3 is 30.5 Å². The van der Waals surface area contributed by atoms with Gasteiger partial charge in [0.15, 0.2) is 0 Å². The zero-order chi connectivity index (χ0) is 28.7. The van der Waals surface area contributed by atoms with Crippen molar-refractivity contribution in [2.75, 3.05) is 62.2 Å². The number of ether oxygens (including phenoxy) is 1. The van der Waals surface area contributed by atoms with Gasteiger partial charge in [0.05, 0.1) is 29.7 Å². The van der Waals surface area contributed by atoms with Gasteiger partial charge in [-0.05, 0) is 44.4 Å². The number of hydrogen-bond donors (Lipinski definition) is 3. The molecule has 1 aromatic heterocycles. The van der Waals surface area contributed by atoms with E-state index in [1.165, 1.54) is 19.5 Å². The van der Waals surface area contributed by atoms with Crippen LogP contribution in [0.4, 0.5) is 51.9 Å². The van der Waals surface area contributed by atoms with E-state index >= 15 is 0 Å². The van der Waals surface area contributed by atoms with Crippen molar-refractivity contribution in [3.63, 3.8) is 0 Å². The van der Waals surface area contributed by atoms with Gasteiger partial charge in [0.2, 0.25) is 0 Å². The van der Waals surface area contributed by atoms with Crippen LogP contribution in [0.15, 0.2) is 67.7 Å². The maximum absolute atomic E-state index is 13.8. The average molecular weight is 546 g/mol. The second kappa shape index (κ2) is 12.5. The van der Waals surface area contributed by atoms with Gasteiger partial charge in [0.1, 0.15) is 29.5 Å². The summed E-state index contributed by atoms with van der Waals surface area (Å²) in [7, 11) is 7.49. The normalized spacial score (nSPS) is 11.2. The first-order valence-electron chi connectivity index (χ1n) is 11.8. The molecule has 0 spiro atoms. The Bertz CT molecular complexity index is 1330. The Labute approximate surface area is 225 Å². The highest BCUT2D eigenvalue weighted by atomic mass is 19.4. The Morgan fingerprint density at radius 2 is 1.67 bits per heavy atom. The van der Waals surface area contributed by atoms with Gasteiger partial charge in [-0.2, -0.15) is 13.2 Å². The first-order valence-corrected chi connectivity index (χ1v) is 11.8. The maximum Gasteiger partial charge on any atom is 0.416 e. The summed E-state index contributed by atoms with van der Waals surface area (Å²) in [6.45, 7) is 9.27. The minimum Gasteiger partial charge on any atom is -0.494 e. The van der Waals surface area contributed by atoms with Gasteiger partial charge in [-0.3, -0.25) is 0 Å². The van der Waals surface area contributed by atoms with Gasteiger partial charge in [-0.1, -0.05) is 13.2 Å². The molecule has 1 heterocycles. The molecular weight excluding hydrogens is 514 g/mol. The van der Waals surface area contributed by atoms with Crippen LogP contribution in [0.5, 0.6) is 5.75 Å². The summed E-state index contributed by atoms with van der Waals surface area (Å²) >= 11 is 0. The lowest BCUT2D eigenvalue weighted by Gasteiger charge is -2.26. The standard InChI is InChI=1S/C27H31F4N7O/c1-7-17(2)34-21-13-22(24(39-6)14-23(21)38(5)9-8-37(3)4)36-26-15-25(32-16-33-26)35-20-11-18(27(29,30)31)10-19(28)12-20/h7,10-16,34H,1-2,8-9H2,3-6H3,(H2,32,33,35,36). The van der Waals surface area contributed by atoms with Crippen molar-refractivity contribution < 1.29 is 22.3 Å². The van der Waals surface area contributed by atoms with Crippen LogP contribution in [-0.2, 0) is 6.18 Å². The second-order valence-electron chi connectivity index (χ2n) is 8.91. The number of halogens is 4. The zero-order valence-electron chi connectivity index (χ0n) is 22.2. The van der Waals surface area contributed by atoms with Crippen molar-refractivity contribution >= 4 is 34.4 Å². The predicted octanol–water partition coefficient (Wildman–Crippen LogP) is 6.24. The molecule has 0 radical (unpaired) electrons. The Morgan fingerprint density at radius 1 is 0.974 bits per heavy atom.